The van der Waals surface area contributed by atoms with Crippen LogP contribution in [0.4, 0.5) is 0 Å². The van der Waals surface area contributed by atoms with Crippen LogP contribution in [0.2, 0.25) is 0 Å². The number of nitrogens with one attached hydrogen (secondary N) is 1. The SMILES string of the molecule is C1=CC2c3c(ccc4sc5c(c34)CCC=C5)CCC2C(N2C(c3ccc4ccccc4c3)NC2C2C=CC3CCC=CC3C2)=C1. The van der Waals surface area contributed by atoms with Gasteiger partial charge in [0, 0.05) is 38.4 Å². The summed E-state index contributed by atoms with van der Waals surface area (Å²) < 4.78 is 1.48. The maximum absolute atomic E-state index is 4.13. The fourth-order valence-corrected chi connectivity index (χ4v) is 10.9. The Labute approximate surface area is 270 Å². The summed E-state index contributed by atoms with van der Waals surface area (Å²) in [5, 5.41) is 8.37. The van der Waals surface area contributed by atoms with E-state index in [1.165, 1.54) is 64.4 Å². The van der Waals surface area contributed by atoms with Crippen LogP contribution in [-0.4, -0.2) is 11.1 Å². The van der Waals surface area contributed by atoms with Crippen molar-refractivity contribution < 1.29 is 0 Å². The first-order valence-corrected chi connectivity index (χ1v) is 18.1. The summed E-state index contributed by atoms with van der Waals surface area (Å²) >= 11 is 2.00. The molecule has 5 aliphatic carbocycles. The molecule has 10 rings (SSSR count). The molecule has 0 saturated carbocycles. The Balaban J connectivity index is 1.06. The van der Waals surface area contributed by atoms with Crippen LogP contribution >= 0.6 is 11.3 Å². The number of allylic oxidation sites excluding steroid dienone is 8. The molecule has 0 bridgehead atoms. The molecule has 2 heterocycles. The molecular weight excluding hydrogens is 565 g/mol. The highest BCUT2D eigenvalue weighted by molar-refractivity contribution is 7.20. The van der Waals surface area contributed by atoms with Crippen LogP contribution in [0.15, 0.2) is 109 Å². The molecular formula is C42H40N2S. The number of rotatable bonds is 3. The van der Waals surface area contributed by atoms with E-state index >= 15 is 0 Å². The molecule has 1 aliphatic heterocycles. The Morgan fingerprint density at radius 2 is 1.73 bits per heavy atom. The van der Waals surface area contributed by atoms with Gasteiger partial charge in [-0.05, 0) is 114 Å². The maximum atomic E-state index is 4.13. The van der Waals surface area contributed by atoms with E-state index in [0.717, 1.165) is 12.3 Å². The van der Waals surface area contributed by atoms with Crippen molar-refractivity contribution in [2.45, 2.75) is 63.2 Å². The first kappa shape index (κ1) is 26.5. The molecule has 3 heteroatoms. The van der Waals surface area contributed by atoms with Crippen LogP contribution in [-0.2, 0) is 12.8 Å². The highest BCUT2D eigenvalue weighted by Crippen LogP contribution is 2.53. The third-order valence-corrected chi connectivity index (χ3v) is 13.0. The number of nitrogens with zero attached hydrogens (tertiary/aromatic N) is 1. The molecule has 4 aromatic rings. The molecule has 224 valence electrons. The Morgan fingerprint density at radius 3 is 2.71 bits per heavy atom. The predicted octanol–water partition coefficient (Wildman–Crippen LogP) is 10.2. The van der Waals surface area contributed by atoms with Gasteiger partial charge in [-0.3, -0.25) is 5.32 Å². The molecule has 7 unspecified atom stereocenters. The molecule has 1 fully saturated rings. The Hall–Kier alpha value is -3.66. The first-order chi connectivity index (χ1) is 22.3. The largest absolute Gasteiger partial charge is 0.339 e. The smallest absolute Gasteiger partial charge is 0.108 e. The summed E-state index contributed by atoms with van der Waals surface area (Å²) in [6.45, 7) is 0. The van der Waals surface area contributed by atoms with E-state index in [4.69, 9.17) is 0 Å². The minimum absolute atomic E-state index is 0.197. The molecule has 0 amide bonds. The topological polar surface area (TPSA) is 15.3 Å². The van der Waals surface area contributed by atoms with Crippen LogP contribution in [0, 0.1) is 23.7 Å². The van der Waals surface area contributed by atoms with Gasteiger partial charge < -0.3 is 4.90 Å². The van der Waals surface area contributed by atoms with Gasteiger partial charge in [0.1, 0.15) is 6.17 Å². The second kappa shape index (κ2) is 10.4. The minimum Gasteiger partial charge on any atom is -0.339 e. The van der Waals surface area contributed by atoms with Gasteiger partial charge in [-0.2, -0.15) is 0 Å². The first-order valence-electron chi connectivity index (χ1n) is 17.3. The molecule has 0 spiro atoms. The lowest BCUT2D eigenvalue weighted by Gasteiger charge is -2.58. The number of hydrogen-bond acceptors (Lipinski definition) is 3. The van der Waals surface area contributed by atoms with Crippen molar-refractivity contribution in [1.29, 1.82) is 0 Å². The van der Waals surface area contributed by atoms with Gasteiger partial charge in [0.05, 0.1) is 6.17 Å². The fraction of sp³-hybridized carbons (Fsp3) is 0.333. The van der Waals surface area contributed by atoms with Crippen LogP contribution in [0.25, 0.3) is 26.9 Å². The molecule has 1 N–H and O–H groups in total. The fourth-order valence-electron chi connectivity index (χ4n) is 9.67. The van der Waals surface area contributed by atoms with E-state index in [0.29, 0.717) is 29.8 Å². The molecule has 6 aliphatic rings. The quantitative estimate of drug-likeness (QED) is 0.234. The Morgan fingerprint density at radius 1 is 0.800 bits per heavy atom. The van der Waals surface area contributed by atoms with Gasteiger partial charge in [-0.1, -0.05) is 85.0 Å². The molecule has 3 aromatic carbocycles. The monoisotopic (exact) mass is 604 g/mol. The van der Waals surface area contributed by atoms with Crippen LogP contribution < -0.4 is 5.32 Å². The third kappa shape index (κ3) is 4.16. The van der Waals surface area contributed by atoms with Gasteiger partial charge >= 0.3 is 0 Å². The van der Waals surface area contributed by atoms with Crippen LogP contribution in [0.5, 0.6) is 0 Å². The summed E-state index contributed by atoms with van der Waals surface area (Å²) in [5.74, 6) is 2.85. The number of aryl methyl sites for hydroxylation is 2. The molecule has 1 saturated heterocycles. The van der Waals surface area contributed by atoms with E-state index < -0.39 is 0 Å². The lowest BCUT2D eigenvalue weighted by Crippen LogP contribution is -2.66. The predicted molar refractivity (Wildman–Crippen MR) is 189 cm³/mol. The van der Waals surface area contributed by atoms with Crippen LogP contribution in [0.1, 0.15) is 71.3 Å². The van der Waals surface area contributed by atoms with Gasteiger partial charge in [-0.15, -0.1) is 11.3 Å². The molecule has 45 heavy (non-hydrogen) atoms. The molecule has 2 nitrogen and oxygen atoms in total. The molecule has 1 aromatic heterocycles. The van der Waals surface area contributed by atoms with Crippen molar-refractivity contribution in [3.05, 3.63) is 136 Å². The number of thiophene rings is 1. The lowest BCUT2D eigenvalue weighted by molar-refractivity contribution is -0.0385. The lowest BCUT2D eigenvalue weighted by atomic mass is 9.69. The standard InChI is InChI=1S/C42H40N2S/c1-3-10-29-24-31(18-16-26(29)8-1)41-43-42(32-19-17-27-9-2-4-11-30(27)25-32)44(41)36-14-7-13-34-33(36)22-20-28-21-23-38-40(39(28)34)35-12-5-6-15-37(35)45-38/h1,3-4,6-8,10-11,13-19,21,23-24,27,30,32-34,41-43H,2,5,9,12,20,22,25H2. The average Bonchev–Trinajstić information content (AvgIpc) is 3.47. The van der Waals surface area contributed by atoms with Gasteiger partial charge in [0.2, 0.25) is 0 Å². The zero-order chi connectivity index (χ0) is 29.5. The third-order valence-electron chi connectivity index (χ3n) is 11.9. The summed E-state index contributed by atoms with van der Waals surface area (Å²) in [6.07, 6.45) is 31.3. The average molecular weight is 605 g/mol. The zero-order valence-electron chi connectivity index (χ0n) is 25.7. The normalized spacial score (nSPS) is 31.2. The summed E-state index contributed by atoms with van der Waals surface area (Å²) in [4.78, 5) is 4.31. The minimum atomic E-state index is 0.197. The van der Waals surface area contributed by atoms with Crippen molar-refractivity contribution in [1.82, 2.24) is 10.2 Å². The van der Waals surface area contributed by atoms with Crippen molar-refractivity contribution in [2.24, 2.45) is 23.7 Å². The number of benzene rings is 3. The highest BCUT2D eigenvalue weighted by Gasteiger charge is 2.48. The van der Waals surface area contributed by atoms with Gasteiger partial charge in [0.25, 0.3) is 0 Å². The molecule has 0 radical (unpaired) electrons. The summed E-state index contributed by atoms with van der Waals surface area (Å²) in [6, 6.07) is 20.8. The number of fused-ring (bicyclic) bond motifs is 9. The van der Waals surface area contributed by atoms with E-state index in [9.17, 15) is 0 Å². The van der Waals surface area contributed by atoms with E-state index in [-0.39, 0.29) is 6.17 Å². The van der Waals surface area contributed by atoms with Crippen molar-refractivity contribution in [2.75, 3.05) is 0 Å². The van der Waals surface area contributed by atoms with E-state index in [2.05, 4.69) is 119 Å². The summed E-state index contributed by atoms with van der Waals surface area (Å²) in [7, 11) is 0. The maximum Gasteiger partial charge on any atom is 0.108 e. The highest BCUT2D eigenvalue weighted by atomic mass is 32.1. The zero-order valence-corrected chi connectivity index (χ0v) is 26.6. The molecule has 7 atom stereocenters. The second-order valence-electron chi connectivity index (χ2n) is 14.2. The van der Waals surface area contributed by atoms with Crippen molar-refractivity contribution in [3.63, 3.8) is 0 Å². The van der Waals surface area contributed by atoms with Crippen molar-refractivity contribution in [3.8, 4) is 0 Å². The van der Waals surface area contributed by atoms with Gasteiger partial charge in [0.15, 0.2) is 0 Å². The van der Waals surface area contributed by atoms with Crippen molar-refractivity contribution >= 4 is 38.3 Å². The number of hydrogen-bond donors (Lipinski definition) is 1. The Kier molecular flexibility index (Phi) is 6.16. The second-order valence-corrected chi connectivity index (χ2v) is 15.3. The van der Waals surface area contributed by atoms with Gasteiger partial charge in [-0.25, -0.2) is 0 Å². The van der Waals surface area contributed by atoms with Crippen LogP contribution in [0.3, 0.4) is 0 Å². The van der Waals surface area contributed by atoms with E-state index in [1.807, 2.05) is 11.3 Å². The van der Waals surface area contributed by atoms with E-state index in [1.54, 1.807) is 27.8 Å². The summed E-state index contributed by atoms with van der Waals surface area (Å²) in [5.41, 5.74) is 7.76. The Bertz CT molecular complexity index is 1990.